The molecule has 0 radical (unpaired) electrons. The van der Waals surface area contributed by atoms with Crippen molar-refractivity contribution in [3.8, 4) is 11.3 Å². The summed E-state index contributed by atoms with van der Waals surface area (Å²) in [4.78, 5) is 4.13. The number of thiazole rings is 1. The summed E-state index contributed by atoms with van der Waals surface area (Å²) in [6.07, 6.45) is -4.53. The third-order valence-electron chi connectivity index (χ3n) is 3.35. The van der Waals surface area contributed by atoms with Crippen molar-refractivity contribution in [2.45, 2.75) is 11.1 Å². The van der Waals surface area contributed by atoms with Crippen LogP contribution < -0.4 is 4.72 Å². The second kappa shape index (κ2) is 7.16. The molecular formula is C16H10F3IN2O2S2. The Kier molecular flexibility index (Phi) is 5.26. The van der Waals surface area contributed by atoms with Crippen molar-refractivity contribution in [2.75, 3.05) is 4.72 Å². The highest BCUT2D eigenvalue weighted by Gasteiger charge is 2.34. The first-order valence-electron chi connectivity index (χ1n) is 7.09. The summed E-state index contributed by atoms with van der Waals surface area (Å²) in [5, 5.41) is 0.00484. The van der Waals surface area contributed by atoms with Gasteiger partial charge in [0.25, 0.3) is 10.0 Å². The quantitative estimate of drug-likeness (QED) is 0.489. The van der Waals surface area contributed by atoms with E-state index >= 15 is 0 Å². The fourth-order valence-corrected chi connectivity index (χ4v) is 5.22. The molecule has 0 saturated heterocycles. The molecular weight excluding hydrogens is 500 g/mol. The van der Waals surface area contributed by atoms with Crippen LogP contribution in [-0.4, -0.2) is 13.4 Å². The van der Waals surface area contributed by atoms with E-state index in [1.165, 1.54) is 30.3 Å². The Bertz CT molecular complexity index is 1040. The summed E-state index contributed by atoms with van der Waals surface area (Å²) in [5.41, 5.74) is -0.819. The van der Waals surface area contributed by atoms with Crippen LogP contribution in [-0.2, 0) is 16.2 Å². The van der Waals surface area contributed by atoms with Gasteiger partial charge in [0.1, 0.15) is 0 Å². The van der Waals surface area contributed by atoms with Crippen LogP contribution in [0.15, 0.2) is 59.5 Å². The first kappa shape index (κ1) is 19.1. The zero-order valence-corrected chi connectivity index (χ0v) is 16.6. The van der Waals surface area contributed by atoms with E-state index in [2.05, 4.69) is 9.71 Å². The zero-order chi connectivity index (χ0) is 18.9. The molecule has 3 aromatic rings. The van der Waals surface area contributed by atoms with Gasteiger partial charge in [-0.15, -0.1) is 0 Å². The van der Waals surface area contributed by atoms with E-state index in [0.717, 1.165) is 17.4 Å². The molecule has 1 heterocycles. The third-order valence-corrected chi connectivity index (χ3v) is 6.76. The lowest BCUT2D eigenvalue weighted by Crippen LogP contribution is -2.12. The lowest BCUT2D eigenvalue weighted by atomic mass is 10.1. The number of aromatic nitrogens is 1. The molecule has 0 aliphatic rings. The highest BCUT2D eigenvalue weighted by atomic mass is 127. The number of sulfonamides is 1. The molecule has 0 saturated carbocycles. The monoisotopic (exact) mass is 510 g/mol. The number of benzene rings is 2. The smallest absolute Gasteiger partial charge is 0.255 e. The molecule has 0 atom stereocenters. The van der Waals surface area contributed by atoms with Crippen LogP contribution in [0.4, 0.5) is 18.3 Å². The fourth-order valence-electron chi connectivity index (χ4n) is 2.22. The number of anilines is 1. The Labute approximate surface area is 165 Å². The van der Waals surface area contributed by atoms with Gasteiger partial charge in [-0.25, -0.2) is 13.4 Å². The number of hydrogen-bond acceptors (Lipinski definition) is 4. The highest BCUT2D eigenvalue weighted by Crippen LogP contribution is 2.40. The van der Waals surface area contributed by atoms with Crippen LogP contribution in [0.2, 0.25) is 0 Å². The predicted molar refractivity (Wildman–Crippen MR) is 103 cm³/mol. The van der Waals surface area contributed by atoms with Gasteiger partial charge >= 0.3 is 6.18 Å². The topological polar surface area (TPSA) is 59.1 Å². The SMILES string of the molecule is O=S(=O)(Nc1nc(-c2ccccc2C(F)(F)F)c(I)s1)c1ccccc1. The summed E-state index contributed by atoms with van der Waals surface area (Å²) in [7, 11) is -3.87. The van der Waals surface area contributed by atoms with Crippen LogP contribution >= 0.6 is 33.9 Å². The van der Waals surface area contributed by atoms with E-state index in [4.69, 9.17) is 0 Å². The average Bonchev–Trinajstić information content (AvgIpc) is 2.94. The second-order valence-corrected chi connectivity index (χ2v) is 9.60. The van der Waals surface area contributed by atoms with Gasteiger partial charge in [0.15, 0.2) is 5.13 Å². The highest BCUT2D eigenvalue weighted by molar-refractivity contribution is 14.1. The minimum Gasteiger partial charge on any atom is -0.255 e. The lowest BCUT2D eigenvalue weighted by molar-refractivity contribution is -0.137. The minimum atomic E-state index is -4.53. The number of rotatable bonds is 4. The minimum absolute atomic E-state index is 0.00484. The van der Waals surface area contributed by atoms with E-state index in [0.29, 0.717) is 2.88 Å². The summed E-state index contributed by atoms with van der Waals surface area (Å²) < 4.78 is 67.2. The molecule has 0 amide bonds. The van der Waals surface area contributed by atoms with Crippen LogP contribution in [0, 0.1) is 2.88 Å². The standard InChI is InChI=1S/C16H10F3IN2O2S2/c17-16(18,19)12-9-5-4-8-11(12)13-14(20)25-15(21-13)22-26(23,24)10-6-2-1-3-7-10/h1-9H,(H,21,22). The predicted octanol–water partition coefficient (Wildman–Crippen LogP) is 5.23. The van der Waals surface area contributed by atoms with Crippen molar-refractivity contribution in [1.29, 1.82) is 0 Å². The first-order valence-corrected chi connectivity index (χ1v) is 10.5. The molecule has 0 fully saturated rings. The van der Waals surface area contributed by atoms with Gasteiger partial charge in [0, 0.05) is 5.56 Å². The Hall–Kier alpha value is -1.66. The van der Waals surface area contributed by atoms with Crippen molar-refractivity contribution < 1.29 is 21.6 Å². The maximum absolute atomic E-state index is 13.2. The van der Waals surface area contributed by atoms with Gasteiger partial charge < -0.3 is 0 Å². The van der Waals surface area contributed by atoms with Crippen molar-refractivity contribution in [3.05, 3.63) is 63.0 Å². The Morgan fingerprint density at radius 1 is 1.00 bits per heavy atom. The van der Waals surface area contributed by atoms with Crippen LogP contribution in [0.3, 0.4) is 0 Å². The van der Waals surface area contributed by atoms with Crippen molar-refractivity contribution >= 4 is 49.1 Å². The molecule has 1 N–H and O–H groups in total. The fraction of sp³-hybridized carbons (Fsp3) is 0.0625. The Balaban J connectivity index is 1.99. The molecule has 4 nitrogen and oxygen atoms in total. The summed E-state index contributed by atoms with van der Waals surface area (Å²) in [6, 6.07) is 12.7. The zero-order valence-electron chi connectivity index (χ0n) is 12.8. The van der Waals surface area contributed by atoms with Gasteiger partial charge in [-0.2, -0.15) is 13.2 Å². The van der Waals surface area contributed by atoms with E-state index < -0.39 is 21.8 Å². The summed E-state index contributed by atoms with van der Waals surface area (Å²) >= 11 is 2.82. The molecule has 1 aromatic heterocycles. The Morgan fingerprint density at radius 3 is 2.27 bits per heavy atom. The van der Waals surface area contributed by atoms with E-state index in [1.807, 2.05) is 22.6 Å². The van der Waals surface area contributed by atoms with E-state index in [-0.39, 0.29) is 21.3 Å². The largest absolute Gasteiger partial charge is 0.417 e. The van der Waals surface area contributed by atoms with Crippen LogP contribution in [0.1, 0.15) is 5.56 Å². The first-order chi connectivity index (χ1) is 12.2. The van der Waals surface area contributed by atoms with Gasteiger partial charge in [0.05, 0.1) is 19.0 Å². The van der Waals surface area contributed by atoms with Gasteiger partial charge in [0.2, 0.25) is 0 Å². The summed E-state index contributed by atoms with van der Waals surface area (Å²) in [5.74, 6) is 0. The van der Waals surface area contributed by atoms with Gasteiger partial charge in [-0.1, -0.05) is 47.7 Å². The molecule has 0 unspecified atom stereocenters. The summed E-state index contributed by atoms with van der Waals surface area (Å²) in [6.45, 7) is 0. The van der Waals surface area contributed by atoms with Crippen molar-refractivity contribution in [2.24, 2.45) is 0 Å². The average molecular weight is 510 g/mol. The molecule has 0 spiro atoms. The molecule has 2 aromatic carbocycles. The number of nitrogens with zero attached hydrogens (tertiary/aromatic N) is 1. The molecule has 0 aliphatic heterocycles. The number of nitrogens with one attached hydrogen (secondary N) is 1. The number of hydrogen-bond donors (Lipinski definition) is 1. The number of halogens is 4. The second-order valence-electron chi connectivity index (χ2n) is 5.10. The Morgan fingerprint density at radius 2 is 1.62 bits per heavy atom. The van der Waals surface area contributed by atoms with E-state index in [9.17, 15) is 21.6 Å². The third kappa shape index (κ3) is 4.01. The molecule has 0 bridgehead atoms. The number of alkyl halides is 3. The van der Waals surface area contributed by atoms with Crippen molar-refractivity contribution in [3.63, 3.8) is 0 Å². The normalized spacial score (nSPS) is 12.2. The molecule has 3 rings (SSSR count). The molecule has 10 heteroatoms. The van der Waals surface area contributed by atoms with Gasteiger partial charge in [-0.05, 0) is 40.8 Å². The maximum atomic E-state index is 13.2. The van der Waals surface area contributed by atoms with Crippen molar-refractivity contribution in [1.82, 2.24) is 4.98 Å². The molecule has 26 heavy (non-hydrogen) atoms. The lowest BCUT2D eigenvalue weighted by Gasteiger charge is -2.11. The van der Waals surface area contributed by atoms with Crippen LogP contribution in [0.5, 0.6) is 0 Å². The molecule has 136 valence electrons. The van der Waals surface area contributed by atoms with E-state index in [1.54, 1.807) is 18.2 Å². The molecule has 0 aliphatic carbocycles. The maximum Gasteiger partial charge on any atom is 0.417 e. The van der Waals surface area contributed by atoms with Crippen LogP contribution in [0.25, 0.3) is 11.3 Å². The van der Waals surface area contributed by atoms with Gasteiger partial charge in [-0.3, -0.25) is 4.72 Å².